The first kappa shape index (κ1) is 12.6. The first-order valence-electron chi connectivity index (χ1n) is 7.10. The molecule has 0 radical (unpaired) electrons. The highest BCUT2D eigenvalue weighted by Crippen LogP contribution is 2.62. The van der Waals surface area contributed by atoms with Gasteiger partial charge in [0.2, 0.25) is 0 Å². The molecule has 1 aromatic rings. The van der Waals surface area contributed by atoms with Crippen molar-refractivity contribution < 1.29 is 4.79 Å². The lowest BCUT2D eigenvalue weighted by Crippen LogP contribution is -2.33. The van der Waals surface area contributed by atoms with Crippen molar-refractivity contribution in [2.75, 3.05) is 0 Å². The van der Waals surface area contributed by atoms with Crippen molar-refractivity contribution >= 4 is 11.5 Å². The van der Waals surface area contributed by atoms with E-state index < -0.39 is 0 Å². The number of carbonyl (C=O) groups excluding carboxylic acids is 1. The van der Waals surface area contributed by atoms with Crippen LogP contribution in [0.25, 0.3) is 0 Å². The van der Waals surface area contributed by atoms with Crippen LogP contribution in [0.4, 0.5) is 0 Å². The van der Waals surface area contributed by atoms with E-state index in [1.165, 1.54) is 5.56 Å². The second-order valence-electron chi connectivity index (χ2n) is 6.66. The predicted octanol–water partition coefficient (Wildman–Crippen LogP) is 3.65. The second kappa shape index (κ2) is 4.03. The van der Waals surface area contributed by atoms with E-state index in [-0.39, 0.29) is 10.8 Å². The molecule has 0 spiro atoms. The summed E-state index contributed by atoms with van der Waals surface area (Å²) in [5.74, 6) is 0.651. The standard InChI is InChI=1S/C17H21NO/c1-16(2)13-9-10-17(16,3)15(19)14(13)18-11-12-7-5-4-6-8-12/h4-8,13H,9-11H2,1-3H3/t13-,17-/m0/s1. The lowest BCUT2D eigenvalue weighted by atomic mass is 9.70. The SMILES string of the molecule is CC1(C)[C@H]2CC[C@@]1(C)C(=O)C2=NCc1ccccc1. The Hall–Kier alpha value is -1.44. The summed E-state index contributed by atoms with van der Waals surface area (Å²) in [6.45, 7) is 7.21. The molecule has 0 aliphatic heterocycles. The van der Waals surface area contributed by atoms with Crippen molar-refractivity contribution in [1.82, 2.24) is 0 Å². The number of carbonyl (C=O) groups is 1. The van der Waals surface area contributed by atoms with Gasteiger partial charge in [-0.05, 0) is 23.8 Å². The highest BCUT2D eigenvalue weighted by molar-refractivity contribution is 6.45. The van der Waals surface area contributed by atoms with Gasteiger partial charge in [-0.25, -0.2) is 0 Å². The lowest BCUT2D eigenvalue weighted by molar-refractivity contribution is -0.123. The number of benzene rings is 1. The van der Waals surface area contributed by atoms with E-state index in [0.29, 0.717) is 18.2 Å². The molecule has 0 aromatic heterocycles. The minimum Gasteiger partial charge on any atom is -0.292 e. The van der Waals surface area contributed by atoms with E-state index in [0.717, 1.165) is 18.6 Å². The summed E-state index contributed by atoms with van der Waals surface area (Å²) in [5, 5.41) is 0. The zero-order valence-corrected chi connectivity index (χ0v) is 11.9. The molecule has 1 aromatic carbocycles. The van der Waals surface area contributed by atoms with Crippen LogP contribution in [0.1, 0.15) is 39.2 Å². The lowest BCUT2D eigenvalue weighted by Gasteiger charge is -2.31. The molecular formula is C17H21NO. The van der Waals surface area contributed by atoms with Crippen LogP contribution in [0.15, 0.2) is 35.3 Å². The van der Waals surface area contributed by atoms with Crippen molar-refractivity contribution in [2.45, 2.75) is 40.2 Å². The Labute approximate surface area is 114 Å². The molecule has 2 bridgehead atoms. The van der Waals surface area contributed by atoms with Gasteiger partial charge < -0.3 is 0 Å². The molecule has 100 valence electrons. The average molecular weight is 255 g/mol. The van der Waals surface area contributed by atoms with Crippen molar-refractivity contribution in [2.24, 2.45) is 21.7 Å². The van der Waals surface area contributed by atoms with Gasteiger partial charge in [-0.3, -0.25) is 9.79 Å². The summed E-state index contributed by atoms with van der Waals surface area (Å²) in [5.41, 5.74) is 1.91. The van der Waals surface area contributed by atoms with Crippen molar-refractivity contribution in [3.8, 4) is 0 Å². The third kappa shape index (κ3) is 1.62. The summed E-state index contributed by atoms with van der Waals surface area (Å²) in [7, 11) is 0. The van der Waals surface area contributed by atoms with Crippen LogP contribution in [-0.2, 0) is 11.3 Å². The highest BCUT2D eigenvalue weighted by atomic mass is 16.1. The average Bonchev–Trinajstić information content (AvgIpc) is 2.70. The first-order valence-corrected chi connectivity index (χ1v) is 7.10. The quantitative estimate of drug-likeness (QED) is 0.793. The fraction of sp³-hybridized carbons (Fsp3) is 0.529. The molecule has 2 fully saturated rings. The van der Waals surface area contributed by atoms with E-state index in [2.05, 4.69) is 37.9 Å². The topological polar surface area (TPSA) is 29.4 Å². The number of aliphatic imine (C=N–C) groups is 1. The zero-order chi connectivity index (χ0) is 13.7. The fourth-order valence-electron chi connectivity index (χ4n) is 3.77. The fourth-order valence-corrected chi connectivity index (χ4v) is 3.77. The summed E-state index contributed by atoms with van der Waals surface area (Å²) < 4.78 is 0. The summed E-state index contributed by atoms with van der Waals surface area (Å²) in [4.78, 5) is 17.3. The van der Waals surface area contributed by atoms with E-state index in [9.17, 15) is 4.79 Å². The number of hydrogen-bond donors (Lipinski definition) is 0. The van der Waals surface area contributed by atoms with E-state index >= 15 is 0 Å². The van der Waals surface area contributed by atoms with Gasteiger partial charge in [0.1, 0.15) is 0 Å². The number of hydrogen-bond acceptors (Lipinski definition) is 2. The second-order valence-corrected chi connectivity index (χ2v) is 6.66. The van der Waals surface area contributed by atoms with Gasteiger partial charge in [0.15, 0.2) is 5.78 Å². The van der Waals surface area contributed by atoms with E-state index in [4.69, 9.17) is 0 Å². The van der Waals surface area contributed by atoms with Gasteiger partial charge in [0, 0.05) is 11.3 Å². The number of ketones is 1. The molecule has 0 N–H and O–H groups in total. The van der Waals surface area contributed by atoms with Crippen LogP contribution >= 0.6 is 0 Å². The minimum atomic E-state index is -0.187. The van der Waals surface area contributed by atoms with Gasteiger partial charge in [0.05, 0.1) is 12.3 Å². The van der Waals surface area contributed by atoms with E-state index in [1.54, 1.807) is 0 Å². The molecule has 19 heavy (non-hydrogen) atoms. The summed E-state index contributed by atoms with van der Waals surface area (Å²) >= 11 is 0. The molecule has 2 aliphatic rings. The Morgan fingerprint density at radius 1 is 1.21 bits per heavy atom. The number of Topliss-reactive ketones (excluding diaryl/α,β-unsaturated/α-hetero) is 1. The Morgan fingerprint density at radius 3 is 2.47 bits per heavy atom. The van der Waals surface area contributed by atoms with Crippen LogP contribution in [-0.4, -0.2) is 11.5 Å². The molecule has 0 saturated heterocycles. The van der Waals surface area contributed by atoms with Crippen LogP contribution < -0.4 is 0 Å². The molecular weight excluding hydrogens is 234 g/mol. The summed E-state index contributed by atoms with van der Waals surface area (Å²) in [6.07, 6.45) is 2.14. The number of rotatable bonds is 2. The Kier molecular flexibility index (Phi) is 2.67. The smallest absolute Gasteiger partial charge is 0.183 e. The Balaban J connectivity index is 1.89. The number of fused-ring (bicyclic) bond motifs is 2. The van der Waals surface area contributed by atoms with Crippen LogP contribution in [0.3, 0.4) is 0 Å². The monoisotopic (exact) mass is 255 g/mol. The molecule has 0 heterocycles. The minimum absolute atomic E-state index is 0.0691. The zero-order valence-electron chi connectivity index (χ0n) is 11.9. The van der Waals surface area contributed by atoms with Crippen LogP contribution in [0, 0.1) is 16.7 Å². The summed E-state index contributed by atoms with van der Waals surface area (Å²) in [6, 6.07) is 10.2. The molecule has 2 atom stereocenters. The Morgan fingerprint density at radius 2 is 1.89 bits per heavy atom. The van der Waals surface area contributed by atoms with Gasteiger partial charge >= 0.3 is 0 Å². The highest BCUT2D eigenvalue weighted by Gasteiger charge is 2.64. The number of nitrogens with zero attached hydrogens (tertiary/aromatic N) is 1. The van der Waals surface area contributed by atoms with Crippen LogP contribution in [0.2, 0.25) is 0 Å². The molecule has 2 saturated carbocycles. The largest absolute Gasteiger partial charge is 0.292 e. The normalized spacial score (nSPS) is 34.2. The molecule has 2 aliphatic carbocycles. The van der Waals surface area contributed by atoms with Gasteiger partial charge in [-0.15, -0.1) is 0 Å². The molecule has 0 amide bonds. The predicted molar refractivity (Wildman–Crippen MR) is 77.2 cm³/mol. The molecule has 3 rings (SSSR count). The molecule has 2 nitrogen and oxygen atoms in total. The third-order valence-corrected chi connectivity index (χ3v) is 5.56. The van der Waals surface area contributed by atoms with Gasteiger partial charge in [0.25, 0.3) is 0 Å². The van der Waals surface area contributed by atoms with Crippen molar-refractivity contribution in [1.29, 1.82) is 0 Å². The van der Waals surface area contributed by atoms with Gasteiger partial charge in [-0.2, -0.15) is 0 Å². The van der Waals surface area contributed by atoms with E-state index in [1.807, 2.05) is 18.2 Å². The van der Waals surface area contributed by atoms with Crippen LogP contribution in [0.5, 0.6) is 0 Å². The van der Waals surface area contributed by atoms with Gasteiger partial charge in [-0.1, -0.05) is 51.1 Å². The maximum atomic E-state index is 12.6. The maximum Gasteiger partial charge on any atom is 0.183 e. The van der Waals surface area contributed by atoms with Crippen molar-refractivity contribution in [3.63, 3.8) is 0 Å². The first-order chi connectivity index (χ1) is 8.97. The third-order valence-electron chi connectivity index (χ3n) is 5.56. The molecule has 2 heteroatoms. The van der Waals surface area contributed by atoms with Crippen molar-refractivity contribution in [3.05, 3.63) is 35.9 Å². The maximum absolute atomic E-state index is 12.6. The Bertz CT molecular complexity index is 544. The molecule has 0 unspecified atom stereocenters.